The van der Waals surface area contributed by atoms with Crippen molar-refractivity contribution in [3.63, 3.8) is 0 Å². The Labute approximate surface area is 367 Å². The predicted molar refractivity (Wildman–Crippen MR) is 272 cm³/mol. The van der Waals surface area contributed by atoms with Crippen molar-refractivity contribution < 1.29 is 0 Å². The monoisotopic (exact) mass is 820 g/mol. The molecule has 0 bridgehead atoms. The third kappa shape index (κ3) is 5.65. The van der Waals surface area contributed by atoms with Crippen molar-refractivity contribution in [1.29, 1.82) is 0 Å². The van der Waals surface area contributed by atoms with Gasteiger partial charge in [0.05, 0.1) is 0 Å². The van der Waals surface area contributed by atoms with Crippen molar-refractivity contribution in [3.05, 3.63) is 218 Å². The Morgan fingerprint density at radius 2 is 0.532 bits per heavy atom. The van der Waals surface area contributed by atoms with Crippen LogP contribution in [0.3, 0.4) is 0 Å². The maximum Gasteiger partial charge on any atom is 0.0433 e. The van der Waals surface area contributed by atoms with Crippen LogP contribution in [0.2, 0.25) is 0 Å². The molecule has 0 radical (unpaired) electrons. The van der Waals surface area contributed by atoms with Crippen molar-refractivity contribution in [1.82, 2.24) is 0 Å². The number of benzene rings is 11. The fourth-order valence-electron chi connectivity index (χ4n) is 9.90. The molecular weight excluding hydrogens is 785 g/mol. The molecule has 13 rings (SSSR count). The van der Waals surface area contributed by atoms with Crippen LogP contribution in [0.1, 0.15) is 0 Å². The summed E-state index contributed by atoms with van der Waals surface area (Å²) < 4.78 is 5.30. The third-order valence-electron chi connectivity index (χ3n) is 12.8. The zero-order valence-electron chi connectivity index (χ0n) is 33.6. The van der Waals surface area contributed by atoms with Gasteiger partial charge in [0.15, 0.2) is 0 Å². The first-order valence-corrected chi connectivity index (χ1v) is 22.9. The number of thiophene rings is 2. The summed E-state index contributed by atoms with van der Waals surface area (Å²) in [6.45, 7) is 0. The minimum atomic E-state index is 1.20. The highest BCUT2D eigenvalue weighted by Gasteiger charge is 2.17. The third-order valence-corrected chi connectivity index (χ3v) is 15.3. The number of fused-ring (bicyclic) bond motifs is 12. The molecule has 62 heavy (non-hydrogen) atoms. The van der Waals surface area contributed by atoms with Gasteiger partial charge < -0.3 is 0 Å². The molecule has 11 aromatic carbocycles. The van der Waals surface area contributed by atoms with Crippen LogP contribution in [0.5, 0.6) is 0 Å². The molecule has 0 spiro atoms. The van der Waals surface area contributed by atoms with Crippen molar-refractivity contribution in [2.75, 3.05) is 0 Å². The summed E-state index contributed by atoms with van der Waals surface area (Å²) in [6.07, 6.45) is 0. The molecule has 0 N–H and O–H groups in total. The Kier molecular flexibility index (Phi) is 8.06. The van der Waals surface area contributed by atoms with E-state index in [1.807, 2.05) is 22.7 Å². The lowest BCUT2D eigenvalue weighted by Gasteiger charge is -2.14. The smallest absolute Gasteiger partial charge is 0.0433 e. The second-order valence-corrected chi connectivity index (χ2v) is 18.5. The van der Waals surface area contributed by atoms with Gasteiger partial charge in [-0.3, -0.25) is 0 Å². The maximum absolute atomic E-state index is 2.42. The first-order valence-electron chi connectivity index (χ1n) is 21.2. The number of hydrogen-bond donors (Lipinski definition) is 0. The molecular formula is C60H36S2. The van der Waals surface area contributed by atoms with Crippen LogP contribution in [0.4, 0.5) is 0 Å². The Bertz CT molecular complexity index is 3770. The highest BCUT2D eigenvalue weighted by Crippen LogP contribution is 2.45. The summed E-state index contributed by atoms with van der Waals surface area (Å²) >= 11 is 3.79. The fourth-order valence-corrected chi connectivity index (χ4v) is 12.4. The summed E-state index contributed by atoms with van der Waals surface area (Å²) in [6, 6.07) is 81.3. The minimum absolute atomic E-state index is 1.20. The van der Waals surface area contributed by atoms with Gasteiger partial charge in [-0.15, -0.1) is 22.7 Å². The molecule has 0 amide bonds. The Morgan fingerprint density at radius 3 is 1.03 bits per heavy atom. The van der Waals surface area contributed by atoms with Crippen molar-refractivity contribution in [2.45, 2.75) is 0 Å². The van der Waals surface area contributed by atoms with E-state index in [1.165, 1.54) is 128 Å². The van der Waals surface area contributed by atoms with Crippen LogP contribution in [0, 0.1) is 0 Å². The molecule has 0 aliphatic carbocycles. The van der Waals surface area contributed by atoms with Gasteiger partial charge in [-0.1, -0.05) is 170 Å². The second-order valence-electron chi connectivity index (χ2n) is 16.4. The SMILES string of the molecule is c1cc(-c2cccc(-c3ccc4c5ccccc5c5ccccc5c4c3)c2)cc(-c2cc(-c3cccc4c3sc3ccccc34)cc(-c3cccc4c3sc3ccccc34)c2)c1. The molecule has 0 saturated heterocycles. The molecule has 0 fully saturated rings. The van der Waals surface area contributed by atoms with Crippen LogP contribution >= 0.6 is 22.7 Å². The molecule has 0 saturated carbocycles. The normalized spacial score (nSPS) is 11.9. The van der Waals surface area contributed by atoms with E-state index in [2.05, 4.69) is 218 Å². The van der Waals surface area contributed by atoms with E-state index < -0.39 is 0 Å². The van der Waals surface area contributed by atoms with E-state index in [-0.39, 0.29) is 0 Å². The molecule has 288 valence electrons. The molecule has 0 aliphatic rings. The quantitative estimate of drug-likeness (QED) is 0.152. The first-order chi connectivity index (χ1) is 30.7. The van der Waals surface area contributed by atoms with Crippen LogP contribution in [0.15, 0.2) is 218 Å². The van der Waals surface area contributed by atoms with E-state index in [0.29, 0.717) is 0 Å². The lowest BCUT2D eigenvalue weighted by molar-refractivity contribution is 1.57. The Hall–Kier alpha value is -7.36. The van der Waals surface area contributed by atoms with Crippen LogP contribution in [-0.2, 0) is 0 Å². The lowest BCUT2D eigenvalue weighted by Crippen LogP contribution is -1.88. The summed E-state index contributed by atoms with van der Waals surface area (Å²) in [5.41, 5.74) is 12.3. The summed E-state index contributed by atoms with van der Waals surface area (Å²) in [7, 11) is 0. The zero-order valence-corrected chi connectivity index (χ0v) is 35.2. The second kappa shape index (κ2) is 14.1. The minimum Gasteiger partial charge on any atom is -0.135 e. The van der Waals surface area contributed by atoms with E-state index in [4.69, 9.17) is 0 Å². The van der Waals surface area contributed by atoms with Gasteiger partial charge in [-0.25, -0.2) is 0 Å². The van der Waals surface area contributed by atoms with Crippen molar-refractivity contribution >= 4 is 95.3 Å². The highest BCUT2D eigenvalue weighted by molar-refractivity contribution is 7.26. The maximum atomic E-state index is 2.42. The Balaban J connectivity index is 0.962. The van der Waals surface area contributed by atoms with Gasteiger partial charge in [0.25, 0.3) is 0 Å². The highest BCUT2D eigenvalue weighted by atomic mass is 32.1. The number of hydrogen-bond acceptors (Lipinski definition) is 2. The van der Waals surface area contributed by atoms with Crippen LogP contribution < -0.4 is 0 Å². The van der Waals surface area contributed by atoms with Gasteiger partial charge in [-0.05, 0) is 136 Å². The molecule has 2 heteroatoms. The standard InChI is InChI=1S/C60H36S2/c1-2-19-49-47(17-1)48-18-3-4-20-50(48)56-36-41(29-30-51(49)56)39-15-9-13-37(31-39)38-14-10-16-40(32-38)42-33-43(45-23-11-25-54-52-21-5-7-27-57(52)61-59(45)54)35-44(34-42)46-24-12-26-55-53-22-6-8-28-58(53)62-60(46)55/h1-36H. The molecule has 0 atom stereocenters. The van der Waals surface area contributed by atoms with Gasteiger partial charge in [0.2, 0.25) is 0 Å². The lowest BCUT2D eigenvalue weighted by atomic mass is 9.90. The van der Waals surface area contributed by atoms with Gasteiger partial charge in [0.1, 0.15) is 0 Å². The van der Waals surface area contributed by atoms with Gasteiger partial charge >= 0.3 is 0 Å². The molecule has 13 aromatic rings. The summed E-state index contributed by atoms with van der Waals surface area (Å²) in [4.78, 5) is 0. The van der Waals surface area contributed by atoms with E-state index in [9.17, 15) is 0 Å². The van der Waals surface area contributed by atoms with E-state index in [0.717, 1.165) is 0 Å². The molecule has 0 unspecified atom stereocenters. The van der Waals surface area contributed by atoms with Gasteiger partial charge in [-0.2, -0.15) is 0 Å². The van der Waals surface area contributed by atoms with Gasteiger partial charge in [0, 0.05) is 40.3 Å². The molecule has 2 heterocycles. The van der Waals surface area contributed by atoms with Crippen LogP contribution in [0.25, 0.3) is 128 Å². The molecule has 2 aromatic heterocycles. The average molecular weight is 821 g/mol. The fraction of sp³-hybridized carbons (Fsp3) is 0. The molecule has 0 nitrogen and oxygen atoms in total. The first kappa shape index (κ1) is 35.4. The predicted octanol–water partition coefficient (Wildman–Crippen LogP) is 18.2. The van der Waals surface area contributed by atoms with Crippen molar-refractivity contribution in [3.8, 4) is 55.6 Å². The summed E-state index contributed by atoms with van der Waals surface area (Å²) in [5, 5.41) is 13.0. The van der Waals surface area contributed by atoms with E-state index >= 15 is 0 Å². The topological polar surface area (TPSA) is 0 Å². The summed E-state index contributed by atoms with van der Waals surface area (Å²) in [5.74, 6) is 0. The van der Waals surface area contributed by atoms with E-state index in [1.54, 1.807) is 0 Å². The average Bonchev–Trinajstić information content (AvgIpc) is 3.93. The molecule has 0 aliphatic heterocycles. The zero-order chi connectivity index (χ0) is 40.7. The number of rotatable bonds is 5. The van der Waals surface area contributed by atoms with Crippen LogP contribution in [-0.4, -0.2) is 0 Å². The largest absolute Gasteiger partial charge is 0.135 e. The Morgan fingerprint density at radius 1 is 0.194 bits per heavy atom. The van der Waals surface area contributed by atoms with Crippen molar-refractivity contribution in [2.24, 2.45) is 0 Å².